The van der Waals surface area contributed by atoms with Gasteiger partial charge in [0.2, 0.25) is 0 Å². The average molecular weight is 372 g/mol. The molecule has 0 spiro atoms. The van der Waals surface area contributed by atoms with Gasteiger partial charge in [0.25, 0.3) is 0 Å². The van der Waals surface area contributed by atoms with Crippen LogP contribution < -0.4 is 11.5 Å². The molecule has 2 atom stereocenters. The highest BCUT2D eigenvalue weighted by atomic mass is 16.5. The van der Waals surface area contributed by atoms with Crippen LogP contribution >= 0.6 is 0 Å². The zero-order valence-corrected chi connectivity index (χ0v) is 15.8. The second-order valence-electron chi connectivity index (χ2n) is 5.87. The molecule has 0 aliphatic carbocycles. The molecule has 0 unspecified atom stereocenters. The van der Waals surface area contributed by atoms with Crippen LogP contribution in [0.2, 0.25) is 0 Å². The number of benzene rings is 2. The minimum Gasteiger partial charge on any atom is -0.468 e. The Kier molecular flexibility index (Phi) is 10.4. The highest BCUT2D eigenvalue weighted by molar-refractivity contribution is 5.76. The molecule has 2 rings (SSSR count). The van der Waals surface area contributed by atoms with Crippen molar-refractivity contribution in [3.63, 3.8) is 0 Å². The Bertz CT molecular complexity index is 677. The summed E-state index contributed by atoms with van der Waals surface area (Å²) < 4.78 is 9.33. The molecule has 6 nitrogen and oxygen atoms in total. The summed E-state index contributed by atoms with van der Waals surface area (Å²) in [5, 5.41) is 0. The van der Waals surface area contributed by atoms with Crippen LogP contribution in [0.4, 0.5) is 0 Å². The molecule has 0 fully saturated rings. The average Bonchev–Trinajstić information content (AvgIpc) is 2.69. The van der Waals surface area contributed by atoms with Crippen LogP contribution in [0, 0.1) is 0 Å². The van der Waals surface area contributed by atoms with Gasteiger partial charge in [-0.2, -0.15) is 0 Å². The van der Waals surface area contributed by atoms with Crippen LogP contribution in [-0.2, 0) is 31.9 Å². The van der Waals surface area contributed by atoms with Gasteiger partial charge >= 0.3 is 11.9 Å². The Balaban J connectivity index is 0.000000271. The number of ether oxygens (including phenoxy) is 2. The topological polar surface area (TPSA) is 105 Å². The van der Waals surface area contributed by atoms with Crippen LogP contribution in [0.1, 0.15) is 18.1 Å². The molecule has 0 bridgehead atoms. The van der Waals surface area contributed by atoms with Crippen molar-refractivity contribution >= 4 is 11.9 Å². The highest BCUT2D eigenvalue weighted by Crippen LogP contribution is 2.03. The highest BCUT2D eigenvalue weighted by Gasteiger charge is 2.14. The Morgan fingerprint density at radius 1 is 0.815 bits per heavy atom. The second kappa shape index (κ2) is 12.6. The molecule has 0 aromatic heterocycles. The van der Waals surface area contributed by atoms with E-state index in [1.807, 2.05) is 60.7 Å². The van der Waals surface area contributed by atoms with E-state index in [4.69, 9.17) is 16.2 Å². The maximum absolute atomic E-state index is 11.2. The molecule has 0 radical (unpaired) electrons. The first-order valence-corrected chi connectivity index (χ1v) is 8.81. The van der Waals surface area contributed by atoms with Crippen molar-refractivity contribution in [1.82, 2.24) is 0 Å². The maximum atomic E-state index is 11.2. The lowest BCUT2D eigenvalue weighted by molar-refractivity contribution is -0.144. The fourth-order valence-corrected chi connectivity index (χ4v) is 2.30. The molecule has 6 heteroatoms. The van der Waals surface area contributed by atoms with E-state index in [2.05, 4.69) is 4.74 Å². The SMILES string of the molecule is CCOC(=O)[C@@H](N)Cc1ccccc1.COC(=O)[C@@H](N)Cc1ccccc1. The van der Waals surface area contributed by atoms with Gasteiger partial charge in [0, 0.05) is 0 Å². The molecule has 0 amide bonds. The number of carbonyl (C=O) groups is 2. The molecule has 0 aliphatic rings. The van der Waals surface area contributed by atoms with Gasteiger partial charge in [0.1, 0.15) is 12.1 Å². The number of hydrogen-bond acceptors (Lipinski definition) is 6. The van der Waals surface area contributed by atoms with Crippen molar-refractivity contribution < 1.29 is 19.1 Å². The van der Waals surface area contributed by atoms with E-state index in [0.717, 1.165) is 11.1 Å². The van der Waals surface area contributed by atoms with Gasteiger partial charge in [-0.15, -0.1) is 0 Å². The summed E-state index contributed by atoms with van der Waals surface area (Å²) >= 11 is 0. The molecule has 0 saturated heterocycles. The van der Waals surface area contributed by atoms with Crippen molar-refractivity contribution in [3.05, 3.63) is 71.8 Å². The van der Waals surface area contributed by atoms with Crippen molar-refractivity contribution in [2.24, 2.45) is 11.5 Å². The van der Waals surface area contributed by atoms with Gasteiger partial charge in [-0.05, 0) is 30.9 Å². The monoisotopic (exact) mass is 372 g/mol. The van der Waals surface area contributed by atoms with Gasteiger partial charge in [-0.25, -0.2) is 0 Å². The van der Waals surface area contributed by atoms with E-state index >= 15 is 0 Å². The van der Waals surface area contributed by atoms with Crippen LogP contribution in [0.15, 0.2) is 60.7 Å². The number of methoxy groups -OCH3 is 1. The van der Waals surface area contributed by atoms with E-state index in [1.165, 1.54) is 7.11 Å². The van der Waals surface area contributed by atoms with Gasteiger partial charge in [0.15, 0.2) is 0 Å². The quantitative estimate of drug-likeness (QED) is 0.719. The summed E-state index contributed by atoms with van der Waals surface area (Å²) in [7, 11) is 1.34. The first-order chi connectivity index (χ1) is 13.0. The number of esters is 2. The van der Waals surface area contributed by atoms with Crippen LogP contribution in [0.25, 0.3) is 0 Å². The summed E-state index contributed by atoms with van der Waals surface area (Å²) in [6, 6.07) is 18.2. The molecular weight excluding hydrogens is 344 g/mol. The minimum atomic E-state index is -0.563. The number of rotatable bonds is 7. The van der Waals surface area contributed by atoms with Crippen LogP contribution in [0.5, 0.6) is 0 Å². The third-order valence-electron chi connectivity index (χ3n) is 3.69. The lowest BCUT2D eigenvalue weighted by Crippen LogP contribution is -2.34. The Morgan fingerprint density at radius 2 is 1.22 bits per heavy atom. The summed E-state index contributed by atoms with van der Waals surface area (Å²) in [4.78, 5) is 22.2. The molecule has 0 aliphatic heterocycles. The first-order valence-electron chi connectivity index (χ1n) is 8.81. The standard InChI is InChI=1S/C11H15NO2.C10H13NO2/c1-2-14-11(13)10(12)8-9-6-4-3-5-7-9;1-13-10(12)9(11)7-8-5-3-2-4-6-8/h3-7,10H,2,8,12H2,1H3;2-6,9H,7,11H2,1H3/t10-;9-/m00/s1. The summed E-state index contributed by atoms with van der Waals surface area (Å²) in [5.74, 6) is -0.708. The zero-order chi connectivity index (χ0) is 20.1. The van der Waals surface area contributed by atoms with Crippen molar-refractivity contribution in [3.8, 4) is 0 Å². The largest absolute Gasteiger partial charge is 0.468 e. The van der Waals surface area contributed by atoms with E-state index in [9.17, 15) is 9.59 Å². The maximum Gasteiger partial charge on any atom is 0.323 e. The number of carbonyl (C=O) groups excluding carboxylic acids is 2. The van der Waals surface area contributed by atoms with Gasteiger partial charge < -0.3 is 20.9 Å². The number of hydrogen-bond donors (Lipinski definition) is 2. The van der Waals surface area contributed by atoms with E-state index in [1.54, 1.807) is 6.92 Å². The zero-order valence-electron chi connectivity index (χ0n) is 15.8. The normalized spacial score (nSPS) is 12.1. The predicted octanol–water partition coefficient (Wildman–Crippen LogP) is 1.85. The summed E-state index contributed by atoms with van der Waals surface area (Å²) in [5.41, 5.74) is 13.3. The molecule has 2 aromatic rings. The Hall–Kier alpha value is -2.70. The predicted molar refractivity (Wildman–Crippen MR) is 105 cm³/mol. The summed E-state index contributed by atoms with van der Waals surface area (Å²) in [6.45, 7) is 2.15. The lowest BCUT2D eigenvalue weighted by Gasteiger charge is -2.09. The second-order valence-corrected chi connectivity index (χ2v) is 5.87. The smallest absolute Gasteiger partial charge is 0.323 e. The van der Waals surface area contributed by atoms with Gasteiger partial charge in [-0.1, -0.05) is 60.7 Å². The third kappa shape index (κ3) is 8.99. The molecule has 27 heavy (non-hydrogen) atoms. The number of nitrogens with two attached hydrogens (primary N) is 2. The molecule has 0 heterocycles. The molecular formula is C21H28N2O4. The summed E-state index contributed by atoms with van der Waals surface area (Å²) in [6.07, 6.45) is 1.05. The third-order valence-corrected chi connectivity index (χ3v) is 3.69. The van der Waals surface area contributed by atoms with Crippen molar-refractivity contribution in [2.45, 2.75) is 31.8 Å². The molecule has 0 saturated carbocycles. The van der Waals surface area contributed by atoms with Gasteiger partial charge in [0.05, 0.1) is 13.7 Å². The van der Waals surface area contributed by atoms with E-state index < -0.39 is 12.1 Å². The molecule has 4 N–H and O–H groups in total. The Labute approximate surface area is 160 Å². The van der Waals surface area contributed by atoms with Crippen molar-refractivity contribution in [1.29, 1.82) is 0 Å². The Morgan fingerprint density at radius 3 is 1.59 bits per heavy atom. The van der Waals surface area contributed by atoms with Crippen LogP contribution in [0.3, 0.4) is 0 Å². The fourth-order valence-electron chi connectivity index (χ4n) is 2.30. The molecule has 2 aromatic carbocycles. The van der Waals surface area contributed by atoms with E-state index in [-0.39, 0.29) is 11.9 Å². The molecule has 146 valence electrons. The van der Waals surface area contributed by atoms with Crippen molar-refractivity contribution in [2.75, 3.05) is 13.7 Å². The van der Waals surface area contributed by atoms with Crippen LogP contribution in [-0.4, -0.2) is 37.7 Å². The van der Waals surface area contributed by atoms with Gasteiger partial charge in [-0.3, -0.25) is 9.59 Å². The first kappa shape index (κ1) is 22.3. The minimum absolute atomic E-state index is 0.337. The lowest BCUT2D eigenvalue weighted by atomic mass is 10.1. The van der Waals surface area contributed by atoms with E-state index in [0.29, 0.717) is 19.4 Å². The fraction of sp³-hybridized carbons (Fsp3) is 0.333.